The van der Waals surface area contributed by atoms with Crippen molar-refractivity contribution in [3.63, 3.8) is 0 Å². The SMILES string of the molecule is COc1ccc2nccc([C@@H](O)CC[C@@H]3CCN(CC#Cc4cc(F)cc(F)c4)C[C@@H]3C(=O)O)c2c1. The van der Waals surface area contributed by atoms with Crippen LogP contribution < -0.4 is 4.74 Å². The Balaban J connectivity index is 1.38. The summed E-state index contributed by atoms with van der Waals surface area (Å²) in [4.78, 5) is 18.3. The van der Waals surface area contributed by atoms with Crippen LogP contribution in [0.4, 0.5) is 8.78 Å². The minimum atomic E-state index is -0.876. The van der Waals surface area contributed by atoms with Gasteiger partial charge in [-0.15, -0.1) is 0 Å². The van der Waals surface area contributed by atoms with Crippen LogP contribution in [0.1, 0.15) is 36.5 Å². The number of carboxylic acid groups (broad SMARTS) is 1. The second-order valence-electron chi connectivity index (χ2n) is 9.06. The Morgan fingerprint density at radius 1 is 1.22 bits per heavy atom. The van der Waals surface area contributed by atoms with Gasteiger partial charge < -0.3 is 14.9 Å². The van der Waals surface area contributed by atoms with Crippen molar-refractivity contribution in [2.75, 3.05) is 26.7 Å². The molecule has 1 aromatic heterocycles. The number of benzene rings is 2. The maximum absolute atomic E-state index is 13.3. The fraction of sp³-hybridized carbons (Fsp3) is 0.357. The van der Waals surface area contributed by atoms with Crippen molar-refractivity contribution in [2.24, 2.45) is 11.8 Å². The molecule has 2 heterocycles. The van der Waals surface area contributed by atoms with Gasteiger partial charge in [0.2, 0.25) is 0 Å². The van der Waals surface area contributed by atoms with Gasteiger partial charge >= 0.3 is 5.97 Å². The number of aliphatic hydroxyl groups is 1. The van der Waals surface area contributed by atoms with Crippen LogP contribution in [-0.4, -0.2) is 52.8 Å². The Bertz CT molecular complexity index is 1280. The molecular weight excluding hydrogens is 466 g/mol. The maximum Gasteiger partial charge on any atom is 0.308 e. The number of ether oxygens (including phenoxy) is 1. The van der Waals surface area contributed by atoms with Gasteiger partial charge in [-0.25, -0.2) is 8.78 Å². The zero-order chi connectivity index (χ0) is 25.7. The number of aliphatic hydroxyl groups excluding tert-OH is 1. The summed E-state index contributed by atoms with van der Waals surface area (Å²) in [5, 5.41) is 21.6. The number of methoxy groups -OCH3 is 1. The van der Waals surface area contributed by atoms with Gasteiger partial charge in [0.1, 0.15) is 17.4 Å². The van der Waals surface area contributed by atoms with E-state index in [2.05, 4.69) is 16.8 Å². The molecule has 3 atom stereocenters. The smallest absolute Gasteiger partial charge is 0.308 e. The lowest BCUT2D eigenvalue weighted by Crippen LogP contribution is -2.44. The number of carbonyl (C=O) groups is 1. The summed E-state index contributed by atoms with van der Waals surface area (Å²) in [6.07, 6.45) is 2.55. The molecule has 0 aliphatic carbocycles. The molecule has 0 saturated carbocycles. The zero-order valence-corrected chi connectivity index (χ0v) is 20.0. The second-order valence-corrected chi connectivity index (χ2v) is 9.06. The van der Waals surface area contributed by atoms with Gasteiger partial charge in [0.15, 0.2) is 0 Å². The normalized spacial score (nSPS) is 18.9. The van der Waals surface area contributed by atoms with Crippen molar-refractivity contribution in [3.05, 3.63) is 71.4 Å². The van der Waals surface area contributed by atoms with Gasteiger partial charge in [-0.2, -0.15) is 0 Å². The number of hydrogen-bond donors (Lipinski definition) is 2. The highest BCUT2D eigenvalue weighted by atomic mass is 19.1. The first kappa shape index (κ1) is 25.5. The molecular formula is C28H28F2N2O4. The first-order chi connectivity index (χ1) is 17.3. The van der Waals surface area contributed by atoms with Crippen molar-refractivity contribution in [1.82, 2.24) is 9.88 Å². The molecule has 0 amide bonds. The van der Waals surface area contributed by atoms with E-state index in [1.54, 1.807) is 19.4 Å². The van der Waals surface area contributed by atoms with E-state index in [9.17, 15) is 23.8 Å². The van der Waals surface area contributed by atoms with Crippen LogP contribution in [-0.2, 0) is 4.79 Å². The number of aliphatic carboxylic acids is 1. The number of piperidine rings is 1. The van der Waals surface area contributed by atoms with E-state index in [4.69, 9.17) is 4.74 Å². The number of likely N-dealkylation sites (tertiary alicyclic amines) is 1. The topological polar surface area (TPSA) is 82.9 Å². The van der Waals surface area contributed by atoms with Gasteiger partial charge in [-0.1, -0.05) is 11.8 Å². The van der Waals surface area contributed by atoms with Crippen LogP contribution in [0.25, 0.3) is 10.9 Å². The van der Waals surface area contributed by atoms with Crippen LogP contribution in [0.3, 0.4) is 0 Å². The van der Waals surface area contributed by atoms with Crippen LogP contribution >= 0.6 is 0 Å². The van der Waals surface area contributed by atoms with Crippen LogP contribution in [0, 0.1) is 35.3 Å². The van der Waals surface area contributed by atoms with Crippen molar-refractivity contribution >= 4 is 16.9 Å². The highest BCUT2D eigenvalue weighted by molar-refractivity contribution is 5.83. The van der Waals surface area contributed by atoms with Crippen molar-refractivity contribution < 1.29 is 28.5 Å². The summed E-state index contributed by atoms with van der Waals surface area (Å²) in [6, 6.07) is 10.4. The number of hydrogen-bond acceptors (Lipinski definition) is 5. The molecule has 0 spiro atoms. The van der Waals surface area contributed by atoms with E-state index in [1.165, 1.54) is 0 Å². The Labute approximate surface area is 208 Å². The van der Waals surface area contributed by atoms with Crippen LogP contribution in [0.15, 0.2) is 48.7 Å². The Hall–Kier alpha value is -3.54. The van der Waals surface area contributed by atoms with Crippen LogP contribution in [0.5, 0.6) is 5.75 Å². The largest absolute Gasteiger partial charge is 0.497 e. The fourth-order valence-corrected chi connectivity index (χ4v) is 4.81. The third-order valence-electron chi connectivity index (χ3n) is 6.71. The van der Waals surface area contributed by atoms with Gasteiger partial charge in [-0.05, 0) is 73.7 Å². The van der Waals surface area contributed by atoms with E-state index < -0.39 is 29.6 Å². The Kier molecular flexibility index (Phi) is 8.14. The molecule has 8 heteroatoms. The molecule has 3 aromatic rings. The lowest BCUT2D eigenvalue weighted by molar-refractivity contribution is -0.146. The number of nitrogens with zero attached hydrogens (tertiary/aromatic N) is 2. The molecule has 188 valence electrons. The first-order valence-electron chi connectivity index (χ1n) is 11.8. The van der Waals surface area contributed by atoms with Gasteiger partial charge in [0, 0.05) is 29.8 Å². The van der Waals surface area contributed by atoms with Crippen molar-refractivity contribution in [1.29, 1.82) is 0 Å². The van der Waals surface area contributed by atoms with Gasteiger partial charge in [0.25, 0.3) is 0 Å². The number of aromatic nitrogens is 1. The second kappa shape index (κ2) is 11.5. The van der Waals surface area contributed by atoms with E-state index in [-0.39, 0.29) is 11.5 Å². The Morgan fingerprint density at radius 2 is 2.00 bits per heavy atom. The number of pyridine rings is 1. The maximum atomic E-state index is 13.3. The average molecular weight is 495 g/mol. The predicted molar refractivity (Wildman–Crippen MR) is 131 cm³/mol. The lowest BCUT2D eigenvalue weighted by atomic mass is 9.81. The molecule has 1 aliphatic rings. The molecule has 2 N–H and O–H groups in total. The standard InChI is InChI=1S/C28H28F2N2O4/c1-36-22-5-6-26-24(16-22)23(8-10-31-26)27(33)7-4-19-9-12-32(17-25(19)28(34)35)11-2-3-18-13-20(29)15-21(30)14-18/h5-6,8,10,13-16,19,25,27,33H,4,7,9,11-12,17H2,1H3,(H,34,35)/t19-,25+,27+/m1/s1. The lowest BCUT2D eigenvalue weighted by Gasteiger charge is -2.36. The summed E-state index contributed by atoms with van der Waals surface area (Å²) in [7, 11) is 1.58. The minimum absolute atomic E-state index is 0.0821. The highest BCUT2D eigenvalue weighted by Crippen LogP contribution is 2.33. The van der Waals surface area contributed by atoms with E-state index in [0.717, 1.165) is 34.7 Å². The zero-order valence-electron chi connectivity index (χ0n) is 20.0. The molecule has 0 radical (unpaired) electrons. The molecule has 1 saturated heterocycles. The minimum Gasteiger partial charge on any atom is -0.497 e. The fourth-order valence-electron chi connectivity index (χ4n) is 4.81. The third-order valence-corrected chi connectivity index (χ3v) is 6.71. The highest BCUT2D eigenvalue weighted by Gasteiger charge is 2.34. The van der Waals surface area contributed by atoms with Gasteiger partial charge in [-0.3, -0.25) is 14.7 Å². The first-order valence-corrected chi connectivity index (χ1v) is 11.8. The number of halogens is 2. The summed E-state index contributed by atoms with van der Waals surface area (Å²) in [5.41, 5.74) is 1.74. The Morgan fingerprint density at radius 3 is 2.72 bits per heavy atom. The third kappa shape index (κ3) is 6.17. The van der Waals surface area contributed by atoms with Crippen LogP contribution in [0.2, 0.25) is 0 Å². The quantitative estimate of drug-likeness (QED) is 0.474. The van der Waals surface area contributed by atoms with E-state index in [1.807, 2.05) is 23.1 Å². The number of fused-ring (bicyclic) bond motifs is 1. The van der Waals surface area contributed by atoms with Crippen molar-refractivity contribution in [2.45, 2.75) is 25.4 Å². The monoisotopic (exact) mass is 494 g/mol. The van der Waals surface area contributed by atoms with E-state index >= 15 is 0 Å². The molecule has 6 nitrogen and oxygen atoms in total. The number of carboxylic acids is 1. The molecule has 2 aromatic carbocycles. The molecule has 1 fully saturated rings. The molecule has 0 bridgehead atoms. The number of rotatable bonds is 7. The molecule has 4 rings (SSSR count). The molecule has 1 aliphatic heterocycles. The van der Waals surface area contributed by atoms with Crippen molar-refractivity contribution in [3.8, 4) is 17.6 Å². The van der Waals surface area contributed by atoms with E-state index in [0.29, 0.717) is 44.6 Å². The summed E-state index contributed by atoms with van der Waals surface area (Å²) in [5.74, 6) is 3.39. The summed E-state index contributed by atoms with van der Waals surface area (Å²) in [6.45, 7) is 1.30. The predicted octanol–water partition coefficient (Wildman–Crippen LogP) is 4.41. The molecule has 36 heavy (non-hydrogen) atoms. The molecule has 0 unspecified atom stereocenters. The summed E-state index contributed by atoms with van der Waals surface area (Å²) < 4.78 is 32.0. The van der Waals surface area contributed by atoms with Gasteiger partial charge in [0.05, 0.1) is 31.2 Å². The average Bonchev–Trinajstić information content (AvgIpc) is 2.86. The summed E-state index contributed by atoms with van der Waals surface area (Å²) >= 11 is 0.